The minimum atomic E-state index is -3.98. The zero-order valence-electron chi connectivity index (χ0n) is 16.8. The van der Waals surface area contributed by atoms with Gasteiger partial charge in [-0.05, 0) is 42.0 Å². The molecule has 1 N–H and O–H groups in total. The highest BCUT2D eigenvalue weighted by Gasteiger charge is 2.38. The Labute approximate surface area is 181 Å². The Bertz CT molecular complexity index is 1190. The van der Waals surface area contributed by atoms with E-state index in [2.05, 4.69) is 9.82 Å². The molecule has 8 heteroatoms. The normalized spacial score (nSPS) is 16.3. The van der Waals surface area contributed by atoms with Crippen LogP contribution in [0, 0.1) is 0 Å². The van der Waals surface area contributed by atoms with Gasteiger partial charge in [0.15, 0.2) is 5.84 Å². The summed E-state index contributed by atoms with van der Waals surface area (Å²) < 4.78 is 31.0. The monoisotopic (exact) mass is 435 g/mol. The van der Waals surface area contributed by atoms with Crippen LogP contribution in [-0.2, 0) is 21.2 Å². The van der Waals surface area contributed by atoms with E-state index in [1.54, 1.807) is 49.6 Å². The standard InChI is InChI=1S/C23H21N3O4S/c1-30-19-14-12-18(13-15-19)22-24-21(16-17-8-4-2-5-9-17)23(27)26(22)25-31(28,29)20-10-6-3-7-11-20/h2-15,21,25H,16H2,1H3. The molecule has 0 aromatic heterocycles. The van der Waals surface area contributed by atoms with Crippen LogP contribution < -0.4 is 9.57 Å². The molecule has 1 aliphatic heterocycles. The van der Waals surface area contributed by atoms with Gasteiger partial charge in [0.1, 0.15) is 11.8 Å². The number of amides is 1. The molecule has 1 unspecified atom stereocenters. The summed E-state index contributed by atoms with van der Waals surface area (Å²) in [5.74, 6) is 0.452. The van der Waals surface area contributed by atoms with Crippen molar-refractivity contribution in [3.8, 4) is 5.75 Å². The Morgan fingerprint density at radius 1 is 0.935 bits per heavy atom. The quantitative estimate of drug-likeness (QED) is 0.618. The number of ether oxygens (including phenoxy) is 1. The number of hydrazine groups is 1. The summed E-state index contributed by atoms with van der Waals surface area (Å²) in [4.78, 5) is 20.2. The second kappa shape index (κ2) is 8.71. The average molecular weight is 436 g/mol. The van der Waals surface area contributed by atoms with Crippen molar-refractivity contribution in [3.05, 3.63) is 96.1 Å². The molecule has 7 nitrogen and oxygen atoms in total. The van der Waals surface area contributed by atoms with Gasteiger partial charge in [0.05, 0.1) is 12.0 Å². The van der Waals surface area contributed by atoms with Crippen molar-refractivity contribution < 1.29 is 17.9 Å². The lowest BCUT2D eigenvalue weighted by Gasteiger charge is -2.20. The minimum absolute atomic E-state index is 0.0587. The second-order valence-electron chi connectivity index (χ2n) is 6.97. The average Bonchev–Trinajstić information content (AvgIpc) is 3.10. The Morgan fingerprint density at radius 2 is 1.55 bits per heavy atom. The van der Waals surface area contributed by atoms with Crippen LogP contribution in [0.5, 0.6) is 5.75 Å². The fraction of sp³-hybridized carbons (Fsp3) is 0.130. The third kappa shape index (κ3) is 4.50. The number of methoxy groups -OCH3 is 1. The molecule has 3 aromatic rings. The Hall–Kier alpha value is -3.49. The highest BCUT2D eigenvalue weighted by molar-refractivity contribution is 7.89. The Kier molecular flexibility index (Phi) is 5.83. The van der Waals surface area contributed by atoms with Crippen LogP contribution in [0.1, 0.15) is 11.1 Å². The van der Waals surface area contributed by atoms with Crippen molar-refractivity contribution >= 4 is 21.8 Å². The Balaban J connectivity index is 1.68. The zero-order chi connectivity index (χ0) is 21.8. The molecular formula is C23H21N3O4S. The van der Waals surface area contributed by atoms with Gasteiger partial charge in [-0.1, -0.05) is 48.5 Å². The molecule has 0 aliphatic carbocycles. The van der Waals surface area contributed by atoms with E-state index in [1.165, 1.54) is 12.1 Å². The first-order valence-electron chi connectivity index (χ1n) is 9.65. The highest BCUT2D eigenvalue weighted by Crippen LogP contribution is 2.22. The molecule has 3 aromatic carbocycles. The molecule has 1 atom stereocenters. The van der Waals surface area contributed by atoms with Crippen LogP contribution in [0.25, 0.3) is 0 Å². The smallest absolute Gasteiger partial charge is 0.268 e. The predicted molar refractivity (Wildman–Crippen MR) is 117 cm³/mol. The molecule has 1 aliphatic rings. The molecule has 31 heavy (non-hydrogen) atoms. The molecule has 1 amide bonds. The number of amidine groups is 1. The number of hydrogen-bond donors (Lipinski definition) is 1. The van der Waals surface area contributed by atoms with Crippen LogP contribution in [0.3, 0.4) is 0 Å². The number of hydrogen-bond acceptors (Lipinski definition) is 5. The summed E-state index contributed by atoms with van der Waals surface area (Å²) in [6, 6.07) is 23.6. The lowest BCUT2D eigenvalue weighted by atomic mass is 10.1. The molecule has 4 rings (SSSR count). The SMILES string of the molecule is COc1ccc(C2=NC(Cc3ccccc3)C(=O)N2NS(=O)(=O)c2ccccc2)cc1. The van der Waals surface area contributed by atoms with E-state index in [4.69, 9.17) is 4.74 Å². The number of nitrogens with zero attached hydrogens (tertiary/aromatic N) is 2. The van der Waals surface area contributed by atoms with Crippen LogP contribution in [-0.4, -0.2) is 38.3 Å². The number of nitrogens with one attached hydrogen (secondary N) is 1. The van der Waals surface area contributed by atoms with Gasteiger partial charge in [-0.3, -0.25) is 9.79 Å². The summed E-state index contributed by atoms with van der Waals surface area (Å²) in [6.45, 7) is 0. The lowest BCUT2D eigenvalue weighted by Crippen LogP contribution is -2.48. The van der Waals surface area contributed by atoms with E-state index in [1.807, 2.05) is 30.3 Å². The number of rotatable bonds is 7. The molecule has 0 saturated carbocycles. The van der Waals surface area contributed by atoms with Gasteiger partial charge >= 0.3 is 0 Å². The van der Waals surface area contributed by atoms with E-state index in [9.17, 15) is 13.2 Å². The Morgan fingerprint density at radius 3 is 2.16 bits per heavy atom. The third-order valence-corrected chi connectivity index (χ3v) is 6.20. The first kappa shape index (κ1) is 20.8. The van der Waals surface area contributed by atoms with Gasteiger partial charge in [0.2, 0.25) is 0 Å². The van der Waals surface area contributed by atoms with Crippen molar-refractivity contribution in [1.82, 2.24) is 9.84 Å². The van der Waals surface area contributed by atoms with E-state index in [-0.39, 0.29) is 10.7 Å². The van der Waals surface area contributed by atoms with Gasteiger partial charge in [-0.2, -0.15) is 0 Å². The number of sulfonamides is 1. The van der Waals surface area contributed by atoms with Gasteiger partial charge in [0.25, 0.3) is 15.9 Å². The van der Waals surface area contributed by atoms with E-state index in [0.29, 0.717) is 17.7 Å². The number of aliphatic imine (C=N–C) groups is 1. The first-order valence-corrected chi connectivity index (χ1v) is 11.1. The summed E-state index contributed by atoms with van der Waals surface area (Å²) >= 11 is 0. The summed E-state index contributed by atoms with van der Waals surface area (Å²) in [6.07, 6.45) is 0.364. The second-order valence-corrected chi connectivity index (χ2v) is 8.63. The van der Waals surface area contributed by atoms with Crippen molar-refractivity contribution in [2.45, 2.75) is 17.4 Å². The summed E-state index contributed by atoms with van der Waals surface area (Å²) in [5.41, 5.74) is 1.53. The predicted octanol–water partition coefficient (Wildman–Crippen LogP) is 2.79. The number of carbonyl (C=O) groups is 1. The van der Waals surface area contributed by atoms with Gasteiger partial charge in [-0.25, -0.2) is 13.4 Å². The van der Waals surface area contributed by atoms with Crippen LogP contribution in [0.4, 0.5) is 0 Å². The van der Waals surface area contributed by atoms with Gasteiger partial charge < -0.3 is 4.74 Å². The lowest BCUT2D eigenvalue weighted by molar-refractivity contribution is -0.128. The fourth-order valence-electron chi connectivity index (χ4n) is 3.29. The van der Waals surface area contributed by atoms with Crippen molar-refractivity contribution in [1.29, 1.82) is 0 Å². The summed E-state index contributed by atoms with van der Waals surface area (Å²) in [7, 11) is -2.42. The van der Waals surface area contributed by atoms with Crippen LogP contribution in [0.2, 0.25) is 0 Å². The molecular weight excluding hydrogens is 414 g/mol. The van der Waals surface area contributed by atoms with Gasteiger partial charge in [-0.15, -0.1) is 4.83 Å². The zero-order valence-corrected chi connectivity index (χ0v) is 17.6. The highest BCUT2D eigenvalue weighted by atomic mass is 32.2. The molecule has 0 saturated heterocycles. The largest absolute Gasteiger partial charge is 0.497 e. The molecule has 0 spiro atoms. The van der Waals surface area contributed by atoms with E-state index >= 15 is 0 Å². The topological polar surface area (TPSA) is 88.1 Å². The molecule has 0 bridgehead atoms. The van der Waals surface area contributed by atoms with Gasteiger partial charge in [0, 0.05) is 12.0 Å². The summed E-state index contributed by atoms with van der Waals surface area (Å²) in [5, 5.41) is 1.03. The van der Waals surface area contributed by atoms with Crippen molar-refractivity contribution in [2.24, 2.45) is 4.99 Å². The molecule has 0 radical (unpaired) electrons. The minimum Gasteiger partial charge on any atom is -0.497 e. The van der Waals surface area contributed by atoms with Crippen LogP contribution >= 0.6 is 0 Å². The molecule has 1 heterocycles. The fourth-order valence-corrected chi connectivity index (χ4v) is 4.33. The van der Waals surface area contributed by atoms with Crippen LogP contribution in [0.15, 0.2) is 94.8 Å². The third-order valence-electron chi connectivity index (χ3n) is 4.88. The van der Waals surface area contributed by atoms with E-state index in [0.717, 1.165) is 10.6 Å². The maximum atomic E-state index is 13.2. The maximum Gasteiger partial charge on any atom is 0.268 e. The number of carbonyl (C=O) groups excluding carboxylic acids is 1. The van der Waals surface area contributed by atoms with E-state index < -0.39 is 22.0 Å². The number of benzene rings is 3. The maximum absolute atomic E-state index is 13.2. The van der Waals surface area contributed by atoms with Crippen molar-refractivity contribution in [2.75, 3.05) is 7.11 Å². The van der Waals surface area contributed by atoms with Crippen molar-refractivity contribution in [3.63, 3.8) is 0 Å². The molecule has 158 valence electrons. The first-order chi connectivity index (χ1) is 15.0. The molecule has 0 fully saturated rings.